The van der Waals surface area contributed by atoms with Gasteiger partial charge in [0, 0.05) is 4.47 Å². The first kappa shape index (κ1) is 9.73. The topological polar surface area (TPSA) is 40.9 Å². The van der Waals surface area contributed by atoms with Crippen molar-refractivity contribution < 1.29 is 4.79 Å². The van der Waals surface area contributed by atoms with Crippen LogP contribution >= 0.6 is 15.9 Å². The zero-order chi connectivity index (χ0) is 9.68. The van der Waals surface area contributed by atoms with Crippen LogP contribution in [0.3, 0.4) is 0 Å². The van der Waals surface area contributed by atoms with Crippen LogP contribution in [0.5, 0.6) is 0 Å². The van der Waals surface area contributed by atoms with E-state index in [1.165, 1.54) is 0 Å². The Morgan fingerprint density at radius 3 is 2.46 bits per heavy atom. The fourth-order valence-corrected chi connectivity index (χ4v) is 1.19. The third-order valence-corrected chi connectivity index (χ3v) is 2.10. The molecule has 0 aromatic heterocycles. The van der Waals surface area contributed by atoms with E-state index in [4.69, 9.17) is 5.26 Å². The normalized spacial score (nSPS) is 8.62. The summed E-state index contributed by atoms with van der Waals surface area (Å²) in [6.45, 7) is 0. The molecule has 0 bridgehead atoms. The highest BCUT2D eigenvalue weighted by Crippen LogP contribution is 2.17. The number of nitriles is 1. The first-order valence-electron chi connectivity index (χ1n) is 3.65. The Hall–Kier alpha value is -1.36. The van der Waals surface area contributed by atoms with Crippen molar-refractivity contribution in [2.75, 3.05) is 0 Å². The molecule has 0 unspecified atom stereocenters. The van der Waals surface area contributed by atoms with Gasteiger partial charge in [0.2, 0.25) is 0 Å². The Balaban J connectivity index is 3.02. The molecule has 0 aliphatic rings. The van der Waals surface area contributed by atoms with E-state index in [0.29, 0.717) is 5.57 Å². The van der Waals surface area contributed by atoms with Gasteiger partial charge in [0.15, 0.2) is 0 Å². The highest BCUT2D eigenvalue weighted by atomic mass is 79.9. The third-order valence-electron chi connectivity index (χ3n) is 1.57. The van der Waals surface area contributed by atoms with Gasteiger partial charge in [-0.3, -0.25) is 0 Å². The summed E-state index contributed by atoms with van der Waals surface area (Å²) in [5.41, 5.74) is 1.15. The van der Waals surface area contributed by atoms with Crippen molar-refractivity contribution in [1.82, 2.24) is 0 Å². The maximum atomic E-state index is 10.5. The van der Waals surface area contributed by atoms with Crippen LogP contribution in [0.15, 0.2) is 28.7 Å². The Kier molecular flexibility index (Phi) is 3.45. The van der Waals surface area contributed by atoms with Gasteiger partial charge >= 0.3 is 0 Å². The number of allylic oxidation sites excluding steroid dienone is 1. The Bertz CT molecular complexity index is 382. The van der Waals surface area contributed by atoms with E-state index in [-0.39, 0.29) is 6.42 Å². The van der Waals surface area contributed by atoms with Crippen LogP contribution in [0.2, 0.25) is 0 Å². The van der Waals surface area contributed by atoms with Crippen LogP contribution in [0.4, 0.5) is 0 Å². The van der Waals surface area contributed by atoms with Crippen LogP contribution in [0.25, 0.3) is 5.57 Å². The first-order chi connectivity index (χ1) is 6.27. The number of halogens is 1. The molecule has 3 heteroatoms. The molecule has 1 aromatic rings. The highest BCUT2D eigenvalue weighted by Gasteiger charge is 2.01. The lowest BCUT2D eigenvalue weighted by molar-refractivity contribution is 0.569. The molecule has 13 heavy (non-hydrogen) atoms. The molecule has 0 atom stereocenters. The van der Waals surface area contributed by atoms with Crippen LogP contribution in [0, 0.1) is 11.3 Å². The smallest absolute Gasteiger partial charge is 0.129 e. The third kappa shape index (κ3) is 2.55. The van der Waals surface area contributed by atoms with E-state index < -0.39 is 0 Å². The molecular weight excluding hydrogens is 230 g/mol. The monoisotopic (exact) mass is 235 g/mol. The molecule has 0 N–H and O–H groups in total. The quantitative estimate of drug-likeness (QED) is 0.740. The van der Waals surface area contributed by atoms with E-state index in [1.807, 2.05) is 18.2 Å². The highest BCUT2D eigenvalue weighted by molar-refractivity contribution is 9.10. The molecule has 0 aliphatic heterocycles. The molecule has 0 saturated heterocycles. The largest absolute Gasteiger partial charge is 0.233 e. The fourth-order valence-electron chi connectivity index (χ4n) is 0.927. The Morgan fingerprint density at radius 1 is 1.38 bits per heavy atom. The van der Waals surface area contributed by atoms with Crippen LogP contribution < -0.4 is 0 Å². The molecule has 2 nitrogen and oxygen atoms in total. The molecule has 0 aliphatic carbocycles. The lowest BCUT2D eigenvalue weighted by Crippen LogP contribution is -1.83. The van der Waals surface area contributed by atoms with Gasteiger partial charge in [-0.05, 0) is 17.7 Å². The molecule has 0 saturated carbocycles. The van der Waals surface area contributed by atoms with Crippen molar-refractivity contribution in [2.45, 2.75) is 6.42 Å². The zero-order valence-corrected chi connectivity index (χ0v) is 8.34. The fraction of sp³-hybridized carbons (Fsp3) is 0.100. The van der Waals surface area contributed by atoms with Gasteiger partial charge in [-0.15, -0.1) is 0 Å². The van der Waals surface area contributed by atoms with E-state index in [9.17, 15) is 4.79 Å². The summed E-state index contributed by atoms with van der Waals surface area (Å²) in [6, 6.07) is 9.13. The van der Waals surface area contributed by atoms with Gasteiger partial charge < -0.3 is 0 Å². The molecule has 64 valence electrons. The minimum atomic E-state index is 0.102. The first-order valence-corrected chi connectivity index (χ1v) is 4.44. The van der Waals surface area contributed by atoms with Crippen molar-refractivity contribution in [3.05, 3.63) is 34.3 Å². The SMILES string of the molecule is N#CCC(=C=O)c1ccc(Br)cc1. The van der Waals surface area contributed by atoms with Gasteiger partial charge in [-0.2, -0.15) is 5.26 Å². The number of nitrogens with zero attached hydrogens (tertiary/aromatic N) is 1. The van der Waals surface area contributed by atoms with Crippen LogP contribution in [-0.4, -0.2) is 5.94 Å². The van der Waals surface area contributed by atoms with Crippen molar-refractivity contribution in [3.8, 4) is 6.07 Å². The molecule has 0 amide bonds. The lowest BCUT2D eigenvalue weighted by Gasteiger charge is -1.97. The second kappa shape index (κ2) is 4.61. The Labute approximate surface area is 84.6 Å². The number of benzene rings is 1. The van der Waals surface area contributed by atoms with Crippen LogP contribution in [-0.2, 0) is 4.79 Å². The van der Waals surface area contributed by atoms with Crippen molar-refractivity contribution >= 4 is 27.4 Å². The van der Waals surface area contributed by atoms with E-state index in [2.05, 4.69) is 15.9 Å². The maximum Gasteiger partial charge on any atom is 0.129 e. The summed E-state index contributed by atoms with van der Waals surface area (Å²) in [7, 11) is 0. The second-order valence-electron chi connectivity index (χ2n) is 2.42. The Morgan fingerprint density at radius 2 is 2.00 bits per heavy atom. The number of carbonyl (C=O) groups excluding carboxylic acids is 1. The summed E-state index contributed by atoms with van der Waals surface area (Å²) in [6.07, 6.45) is 0.102. The molecule has 0 fully saturated rings. The van der Waals surface area contributed by atoms with Gasteiger partial charge in [0.1, 0.15) is 5.94 Å². The van der Waals surface area contributed by atoms with E-state index >= 15 is 0 Å². The molecule has 0 spiro atoms. The van der Waals surface area contributed by atoms with Crippen LogP contribution in [0.1, 0.15) is 12.0 Å². The minimum absolute atomic E-state index is 0.102. The van der Waals surface area contributed by atoms with E-state index in [1.54, 1.807) is 18.1 Å². The number of hydrogen-bond donors (Lipinski definition) is 0. The summed E-state index contributed by atoms with van der Waals surface area (Å²) in [4.78, 5) is 10.5. The predicted molar refractivity (Wildman–Crippen MR) is 53.5 cm³/mol. The second-order valence-corrected chi connectivity index (χ2v) is 3.34. The summed E-state index contributed by atoms with van der Waals surface area (Å²) >= 11 is 3.28. The van der Waals surface area contributed by atoms with Crippen molar-refractivity contribution in [1.29, 1.82) is 5.26 Å². The standard InChI is InChI=1S/C10H6BrNO/c11-10-3-1-8(2-4-10)9(7-13)5-6-12/h1-4H,5H2. The average molecular weight is 236 g/mol. The zero-order valence-electron chi connectivity index (χ0n) is 6.75. The van der Waals surface area contributed by atoms with Gasteiger partial charge in [-0.1, -0.05) is 28.1 Å². The van der Waals surface area contributed by atoms with Crippen molar-refractivity contribution in [3.63, 3.8) is 0 Å². The average Bonchev–Trinajstić information content (AvgIpc) is 2.16. The van der Waals surface area contributed by atoms with Gasteiger partial charge in [0.05, 0.1) is 18.1 Å². The van der Waals surface area contributed by atoms with Gasteiger partial charge in [-0.25, -0.2) is 4.79 Å². The number of hydrogen-bond acceptors (Lipinski definition) is 2. The summed E-state index contributed by atoms with van der Waals surface area (Å²) < 4.78 is 0.943. The van der Waals surface area contributed by atoms with Gasteiger partial charge in [0.25, 0.3) is 0 Å². The minimum Gasteiger partial charge on any atom is -0.233 e. The predicted octanol–water partition coefficient (Wildman–Crippen LogP) is 2.58. The summed E-state index contributed by atoms with van der Waals surface area (Å²) in [5.74, 6) is 1.77. The molecule has 0 heterocycles. The van der Waals surface area contributed by atoms with E-state index in [0.717, 1.165) is 10.0 Å². The lowest BCUT2D eigenvalue weighted by atomic mass is 10.1. The summed E-state index contributed by atoms with van der Waals surface area (Å²) in [5, 5.41) is 8.42. The molecule has 1 rings (SSSR count). The molecule has 1 aromatic carbocycles. The maximum absolute atomic E-state index is 10.5. The molecular formula is C10H6BrNO. The molecule has 0 radical (unpaired) electrons. The number of rotatable bonds is 2. The van der Waals surface area contributed by atoms with Crippen molar-refractivity contribution in [2.24, 2.45) is 0 Å².